The number of hydrogen-bond donors (Lipinski definition) is 0. The molecule has 0 fully saturated rings. The van der Waals surface area contributed by atoms with E-state index in [4.69, 9.17) is 14.5 Å². The van der Waals surface area contributed by atoms with Crippen LogP contribution in [0.15, 0.2) is 5.16 Å². The van der Waals surface area contributed by atoms with Gasteiger partial charge in [-0.25, -0.2) is 4.98 Å². The summed E-state index contributed by atoms with van der Waals surface area (Å²) in [5.74, 6) is 0.801. The van der Waals surface area contributed by atoms with Crippen LogP contribution in [0.4, 0.5) is 0 Å². The number of methoxy groups -OCH3 is 1. The molecule has 0 saturated heterocycles. The van der Waals surface area contributed by atoms with Gasteiger partial charge < -0.3 is 9.47 Å². The maximum atomic E-state index is 11.5. The van der Waals surface area contributed by atoms with Crippen molar-refractivity contribution in [2.75, 3.05) is 12.9 Å². The van der Waals surface area contributed by atoms with Gasteiger partial charge in [0.25, 0.3) is 0 Å². The van der Waals surface area contributed by atoms with Crippen LogP contribution in [0.5, 0.6) is 0 Å². The molecule has 4 rings (SSSR count). The van der Waals surface area contributed by atoms with Gasteiger partial charge in [-0.2, -0.15) is 0 Å². The Hall–Kier alpha value is -1.71. The Morgan fingerprint density at radius 1 is 1.42 bits per heavy atom. The smallest absolute Gasteiger partial charge is 0.316 e. The topological polar surface area (TPSA) is 78.6 Å². The van der Waals surface area contributed by atoms with Crippen LogP contribution in [-0.4, -0.2) is 44.0 Å². The average Bonchev–Trinajstić information content (AvgIpc) is 3.18. The number of ether oxygens (including phenoxy) is 2. The summed E-state index contributed by atoms with van der Waals surface area (Å²) in [5.41, 5.74) is 1.87. The molecule has 0 bridgehead atoms. The van der Waals surface area contributed by atoms with Crippen molar-refractivity contribution in [3.05, 3.63) is 16.3 Å². The number of esters is 1. The molecule has 0 radical (unpaired) electrons. The number of aryl methyl sites for hydroxylation is 1. The summed E-state index contributed by atoms with van der Waals surface area (Å²) in [5, 5.41) is 10.5. The van der Waals surface area contributed by atoms with E-state index in [0.29, 0.717) is 11.8 Å². The van der Waals surface area contributed by atoms with Crippen molar-refractivity contribution in [1.29, 1.82) is 0 Å². The van der Waals surface area contributed by atoms with Crippen LogP contribution in [0.25, 0.3) is 15.9 Å². The first-order valence-electron chi connectivity index (χ1n) is 8.45. The second kappa shape index (κ2) is 6.47. The minimum Gasteiger partial charge on any atom is -0.468 e. The molecule has 0 saturated carbocycles. The summed E-state index contributed by atoms with van der Waals surface area (Å²) in [6, 6.07) is 0. The van der Waals surface area contributed by atoms with Crippen LogP contribution in [0.1, 0.15) is 37.0 Å². The molecule has 138 valence electrons. The van der Waals surface area contributed by atoms with Crippen molar-refractivity contribution in [2.24, 2.45) is 0 Å². The fourth-order valence-electron chi connectivity index (χ4n) is 3.19. The molecule has 0 unspecified atom stereocenters. The van der Waals surface area contributed by atoms with E-state index >= 15 is 0 Å². The zero-order chi connectivity index (χ0) is 18.5. The Labute approximate surface area is 159 Å². The van der Waals surface area contributed by atoms with E-state index in [2.05, 4.69) is 31.0 Å². The average molecular weight is 393 g/mol. The van der Waals surface area contributed by atoms with Crippen molar-refractivity contribution in [1.82, 2.24) is 19.6 Å². The number of thiophene rings is 1. The molecule has 0 amide bonds. The monoisotopic (exact) mass is 392 g/mol. The SMILES string of the molecule is CCc1nc2sc3c(c2c2nnc(SCC(=O)OC)n12)CC(C)(C)OC3. The van der Waals surface area contributed by atoms with Crippen LogP contribution in [-0.2, 0) is 33.7 Å². The van der Waals surface area contributed by atoms with Crippen molar-refractivity contribution >= 4 is 44.9 Å². The van der Waals surface area contributed by atoms with E-state index in [0.717, 1.165) is 34.5 Å². The summed E-state index contributed by atoms with van der Waals surface area (Å²) in [4.78, 5) is 18.6. The number of carbonyl (C=O) groups is 1. The van der Waals surface area contributed by atoms with E-state index in [1.165, 1.54) is 29.3 Å². The third kappa shape index (κ3) is 2.87. The highest BCUT2D eigenvalue weighted by Crippen LogP contribution is 2.40. The summed E-state index contributed by atoms with van der Waals surface area (Å²) in [6.07, 6.45) is 1.57. The summed E-state index contributed by atoms with van der Waals surface area (Å²) in [6.45, 7) is 6.87. The van der Waals surface area contributed by atoms with Crippen LogP contribution in [0.3, 0.4) is 0 Å². The fourth-order valence-corrected chi connectivity index (χ4v) is 5.09. The van der Waals surface area contributed by atoms with Crippen LogP contribution in [0, 0.1) is 0 Å². The molecule has 0 spiro atoms. The molecule has 0 aliphatic carbocycles. The molecule has 9 heteroatoms. The van der Waals surface area contributed by atoms with E-state index in [1.54, 1.807) is 11.3 Å². The minimum absolute atomic E-state index is 0.196. The number of carbonyl (C=O) groups excluding carboxylic acids is 1. The van der Waals surface area contributed by atoms with Gasteiger partial charge in [-0.1, -0.05) is 18.7 Å². The normalized spacial score (nSPS) is 16.2. The zero-order valence-corrected chi connectivity index (χ0v) is 16.8. The highest BCUT2D eigenvalue weighted by molar-refractivity contribution is 7.99. The first-order chi connectivity index (χ1) is 12.4. The molecule has 0 aromatic carbocycles. The lowest BCUT2D eigenvalue weighted by atomic mass is 9.94. The first kappa shape index (κ1) is 17.7. The molecule has 3 aromatic rings. The van der Waals surface area contributed by atoms with Crippen molar-refractivity contribution < 1.29 is 14.3 Å². The maximum absolute atomic E-state index is 11.5. The lowest BCUT2D eigenvalue weighted by Crippen LogP contribution is -2.31. The molecule has 26 heavy (non-hydrogen) atoms. The van der Waals surface area contributed by atoms with Crippen molar-refractivity contribution in [2.45, 2.75) is 51.0 Å². The zero-order valence-electron chi connectivity index (χ0n) is 15.2. The Balaban J connectivity index is 1.90. The summed E-state index contributed by atoms with van der Waals surface area (Å²) in [7, 11) is 1.38. The Kier molecular flexibility index (Phi) is 4.40. The lowest BCUT2D eigenvalue weighted by molar-refractivity contribution is -0.137. The molecule has 7 nitrogen and oxygen atoms in total. The van der Waals surface area contributed by atoms with Gasteiger partial charge in [0.1, 0.15) is 10.7 Å². The van der Waals surface area contributed by atoms with Crippen LogP contribution < -0.4 is 0 Å². The van der Waals surface area contributed by atoms with Gasteiger partial charge in [-0.05, 0) is 19.4 Å². The van der Waals surface area contributed by atoms with E-state index in [1.807, 2.05) is 4.40 Å². The van der Waals surface area contributed by atoms with E-state index in [9.17, 15) is 4.79 Å². The van der Waals surface area contributed by atoms with E-state index in [-0.39, 0.29) is 17.3 Å². The standard InChI is InChI=1S/C17H20N4O3S2/c1-5-11-18-15-13(9-6-17(2,3)24-7-10(9)26-15)14-19-20-16(21(11)14)25-8-12(22)23-4/h5-8H2,1-4H3. The second-order valence-electron chi connectivity index (χ2n) is 6.80. The molecule has 0 atom stereocenters. The highest BCUT2D eigenvalue weighted by Gasteiger charge is 2.31. The first-order valence-corrected chi connectivity index (χ1v) is 10.3. The largest absolute Gasteiger partial charge is 0.468 e. The molecule has 4 heterocycles. The summed E-state index contributed by atoms with van der Waals surface area (Å²) >= 11 is 3.00. The quantitative estimate of drug-likeness (QED) is 0.499. The predicted molar refractivity (Wildman–Crippen MR) is 101 cm³/mol. The second-order valence-corrected chi connectivity index (χ2v) is 8.82. The van der Waals surface area contributed by atoms with Gasteiger partial charge in [-0.3, -0.25) is 9.20 Å². The minimum atomic E-state index is -0.286. The Morgan fingerprint density at radius 3 is 2.96 bits per heavy atom. The number of rotatable bonds is 4. The van der Waals surface area contributed by atoms with Crippen LogP contribution in [0.2, 0.25) is 0 Å². The molecule has 3 aromatic heterocycles. The summed E-state index contributed by atoms with van der Waals surface area (Å²) < 4.78 is 12.7. The van der Waals surface area contributed by atoms with Crippen LogP contribution >= 0.6 is 23.1 Å². The molecular formula is C17H20N4O3S2. The van der Waals surface area contributed by atoms with Crippen molar-refractivity contribution in [3.63, 3.8) is 0 Å². The highest BCUT2D eigenvalue weighted by atomic mass is 32.2. The molecule has 1 aliphatic rings. The van der Waals surface area contributed by atoms with Crippen molar-refractivity contribution in [3.8, 4) is 0 Å². The van der Waals surface area contributed by atoms with Gasteiger partial charge in [0.15, 0.2) is 10.8 Å². The number of hydrogen-bond acceptors (Lipinski definition) is 8. The lowest BCUT2D eigenvalue weighted by Gasteiger charge is -2.30. The number of thioether (sulfide) groups is 1. The van der Waals surface area contributed by atoms with Gasteiger partial charge in [0, 0.05) is 17.7 Å². The molecular weight excluding hydrogens is 372 g/mol. The predicted octanol–water partition coefficient (Wildman–Crippen LogP) is 3.02. The molecule has 1 aliphatic heterocycles. The van der Waals surface area contributed by atoms with Gasteiger partial charge in [0.2, 0.25) is 0 Å². The van der Waals surface area contributed by atoms with Gasteiger partial charge >= 0.3 is 5.97 Å². The Bertz CT molecular complexity index is 1010. The number of aromatic nitrogens is 4. The van der Waals surface area contributed by atoms with Gasteiger partial charge in [0.05, 0.1) is 30.5 Å². The van der Waals surface area contributed by atoms with Gasteiger partial charge in [-0.15, -0.1) is 21.5 Å². The third-order valence-electron chi connectivity index (χ3n) is 4.48. The maximum Gasteiger partial charge on any atom is 0.316 e. The number of nitrogens with zero attached hydrogens (tertiary/aromatic N) is 4. The fraction of sp³-hybridized carbons (Fsp3) is 0.529. The molecule has 0 N–H and O–H groups in total. The Morgan fingerprint density at radius 2 is 2.23 bits per heavy atom. The third-order valence-corrected chi connectivity index (χ3v) is 6.48. The number of fused-ring (bicyclic) bond motifs is 5. The van der Waals surface area contributed by atoms with E-state index < -0.39 is 0 Å².